The lowest BCUT2D eigenvalue weighted by atomic mass is 9.68. The highest BCUT2D eigenvalue weighted by molar-refractivity contribution is 5.53. The fraction of sp³-hybridized carbons (Fsp3) is 0.688. The number of nitrogens with zero attached hydrogens (tertiary/aromatic N) is 2. The summed E-state index contributed by atoms with van der Waals surface area (Å²) in [5, 5.41) is 9.34. The van der Waals surface area contributed by atoms with Gasteiger partial charge in [0.05, 0.1) is 12.0 Å². The van der Waals surface area contributed by atoms with Gasteiger partial charge in [-0.3, -0.25) is 4.90 Å². The summed E-state index contributed by atoms with van der Waals surface area (Å²) in [6.45, 7) is 15.5. The van der Waals surface area contributed by atoms with Crippen molar-refractivity contribution in [2.45, 2.75) is 52.1 Å². The van der Waals surface area contributed by atoms with Crippen LogP contribution >= 0.6 is 0 Å². The SMILES string of the molecule is C=C1CC(C#N)C(C)C2=C1C(C)(C)N(C)C2(C)C. The predicted molar refractivity (Wildman–Crippen MR) is 75.0 cm³/mol. The first-order chi connectivity index (χ1) is 8.15. The molecule has 98 valence electrons. The van der Waals surface area contributed by atoms with Crippen LogP contribution in [0.25, 0.3) is 0 Å². The Kier molecular flexibility index (Phi) is 2.76. The summed E-state index contributed by atoms with van der Waals surface area (Å²) >= 11 is 0. The van der Waals surface area contributed by atoms with Gasteiger partial charge in [0.1, 0.15) is 0 Å². The van der Waals surface area contributed by atoms with Gasteiger partial charge in [-0.1, -0.05) is 13.5 Å². The van der Waals surface area contributed by atoms with Crippen molar-refractivity contribution >= 4 is 0 Å². The van der Waals surface area contributed by atoms with Gasteiger partial charge in [-0.15, -0.1) is 0 Å². The molecular formula is C16H24N2. The average Bonchev–Trinajstić information content (AvgIpc) is 2.42. The second-order valence-electron chi connectivity index (χ2n) is 6.80. The predicted octanol–water partition coefficient (Wildman–Crippen LogP) is 3.52. The molecule has 1 aliphatic heterocycles. The maximum Gasteiger partial charge on any atom is 0.0665 e. The van der Waals surface area contributed by atoms with E-state index >= 15 is 0 Å². The van der Waals surface area contributed by atoms with Crippen molar-refractivity contribution < 1.29 is 0 Å². The number of rotatable bonds is 0. The molecule has 0 saturated heterocycles. The summed E-state index contributed by atoms with van der Waals surface area (Å²) in [5.41, 5.74) is 4.02. The summed E-state index contributed by atoms with van der Waals surface area (Å²) in [7, 11) is 2.18. The molecule has 0 fully saturated rings. The van der Waals surface area contributed by atoms with Crippen LogP contribution in [0.3, 0.4) is 0 Å². The Morgan fingerprint density at radius 2 is 1.83 bits per heavy atom. The smallest absolute Gasteiger partial charge is 0.0665 e. The van der Waals surface area contributed by atoms with Gasteiger partial charge in [0.25, 0.3) is 0 Å². The molecule has 0 radical (unpaired) electrons. The van der Waals surface area contributed by atoms with Crippen molar-refractivity contribution in [1.82, 2.24) is 4.90 Å². The third-order valence-corrected chi connectivity index (χ3v) is 5.26. The van der Waals surface area contributed by atoms with Crippen LogP contribution in [-0.2, 0) is 0 Å². The molecule has 2 rings (SSSR count). The van der Waals surface area contributed by atoms with E-state index in [4.69, 9.17) is 0 Å². The molecule has 0 spiro atoms. The molecular weight excluding hydrogens is 220 g/mol. The molecule has 2 unspecified atom stereocenters. The quantitative estimate of drug-likeness (QED) is 0.652. The van der Waals surface area contributed by atoms with Gasteiger partial charge in [-0.25, -0.2) is 0 Å². The zero-order valence-corrected chi connectivity index (χ0v) is 12.5. The van der Waals surface area contributed by atoms with Crippen molar-refractivity contribution in [3.05, 3.63) is 23.3 Å². The molecule has 18 heavy (non-hydrogen) atoms. The number of nitriles is 1. The lowest BCUT2D eigenvalue weighted by molar-refractivity contribution is 0.120. The number of likely N-dealkylation sites (N-methyl/N-ethyl adjacent to an activating group) is 1. The maximum atomic E-state index is 9.34. The Balaban J connectivity index is 2.66. The fourth-order valence-corrected chi connectivity index (χ4v) is 3.99. The molecule has 2 nitrogen and oxygen atoms in total. The molecule has 2 aliphatic rings. The van der Waals surface area contributed by atoms with Crippen LogP contribution in [0.4, 0.5) is 0 Å². The van der Waals surface area contributed by atoms with Crippen LogP contribution in [0.15, 0.2) is 23.3 Å². The van der Waals surface area contributed by atoms with E-state index in [1.54, 1.807) is 0 Å². The Labute approximate surface area is 111 Å². The van der Waals surface area contributed by atoms with Crippen LogP contribution in [0.2, 0.25) is 0 Å². The van der Waals surface area contributed by atoms with Gasteiger partial charge in [0.2, 0.25) is 0 Å². The highest BCUT2D eigenvalue weighted by Crippen LogP contribution is 2.54. The Hall–Kier alpha value is -1.07. The highest BCUT2D eigenvalue weighted by atomic mass is 15.3. The zero-order chi connectivity index (χ0) is 13.9. The van der Waals surface area contributed by atoms with Crippen LogP contribution in [-0.4, -0.2) is 23.0 Å². The molecule has 0 saturated carbocycles. The topological polar surface area (TPSA) is 27.0 Å². The van der Waals surface area contributed by atoms with Gasteiger partial charge >= 0.3 is 0 Å². The molecule has 0 aromatic carbocycles. The van der Waals surface area contributed by atoms with Gasteiger partial charge < -0.3 is 0 Å². The van der Waals surface area contributed by atoms with E-state index in [-0.39, 0.29) is 17.0 Å². The molecule has 1 heterocycles. The largest absolute Gasteiger partial charge is 0.288 e. The van der Waals surface area contributed by atoms with Crippen molar-refractivity contribution in [2.75, 3.05) is 7.05 Å². The number of hydrogen-bond acceptors (Lipinski definition) is 2. The molecule has 1 aliphatic carbocycles. The van der Waals surface area contributed by atoms with Gasteiger partial charge in [0.15, 0.2) is 0 Å². The van der Waals surface area contributed by atoms with Crippen LogP contribution in [0, 0.1) is 23.2 Å². The lowest BCUT2D eigenvalue weighted by Gasteiger charge is -2.40. The van der Waals surface area contributed by atoms with E-state index in [9.17, 15) is 5.26 Å². The van der Waals surface area contributed by atoms with Gasteiger partial charge in [-0.05, 0) is 63.8 Å². The van der Waals surface area contributed by atoms with E-state index < -0.39 is 0 Å². The minimum atomic E-state index is 0.0106. The minimum Gasteiger partial charge on any atom is -0.288 e. The Morgan fingerprint density at radius 1 is 1.28 bits per heavy atom. The second-order valence-corrected chi connectivity index (χ2v) is 6.80. The minimum absolute atomic E-state index is 0.0106. The average molecular weight is 244 g/mol. The lowest BCUT2D eigenvalue weighted by Crippen LogP contribution is -2.48. The first-order valence-corrected chi connectivity index (χ1v) is 6.72. The van der Waals surface area contributed by atoms with E-state index in [0.29, 0.717) is 5.92 Å². The molecule has 0 aromatic rings. The van der Waals surface area contributed by atoms with Gasteiger partial charge in [0, 0.05) is 11.1 Å². The van der Waals surface area contributed by atoms with Gasteiger partial charge in [-0.2, -0.15) is 5.26 Å². The summed E-state index contributed by atoms with van der Waals surface area (Å²) in [4.78, 5) is 2.42. The third kappa shape index (κ3) is 1.44. The number of hydrogen-bond donors (Lipinski definition) is 0. The first-order valence-electron chi connectivity index (χ1n) is 6.72. The summed E-state index contributed by atoms with van der Waals surface area (Å²) in [6, 6.07) is 2.46. The zero-order valence-electron chi connectivity index (χ0n) is 12.5. The highest BCUT2D eigenvalue weighted by Gasteiger charge is 2.53. The van der Waals surface area contributed by atoms with Crippen molar-refractivity contribution in [3.63, 3.8) is 0 Å². The van der Waals surface area contributed by atoms with Crippen LogP contribution in [0.1, 0.15) is 41.0 Å². The first kappa shape index (κ1) is 13.4. The van der Waals surface area contributed by atoms with Crippen molar-refractivity contribution in [3.8, 4) is 6.07 Å². The molecule has 2 heteroatoms. The Morgan fingerprint density at radius 3 is 2.33 bits per heavy atom. The molecule has 0 aromatic heterocycles. The summed E-state index contributed by atoms with van der Waals surface area (Å²) in [5.74, 6) is 0.410. The monoisotopic (exact) mass is 244 g/mol. The van der Waals surface area contributed by atoms with Crippen molar-refractivity contribution in [1.29, 1.82) is 5.26 Å². The summed E-state index contributed by atoms with van der Waals surface area (Å²) in [6.07, 6.45) is 0.823. The van der Waals surface area contributed by atoms with Crippen molar-refractivity contribution in [2.24, 2.45) is 11.8 Å². The normalized spacial score (nSPS) is 34.4. The second kappa shape index (κ2) is 3.71. The van der Waals surface area contributed by atoms with Crippen LogP contribution in [0.5, 0.6) is 0 Å². The van der Waals surface area contributed by atoms with E-state index in [1.807, 2.05) is 0 Å². The van der Waals surface area contributed by atoms with E-state index in [0.717, 1.165) is 12.0 Å². The summed E-state index contributed by atoms with van der Waals surface area (Å²) < 4.78 is 0. The Bertz CT molecular complexity index is 474. The van der Waals surface area contributed by atoms with E-state index in [2.05, 4.69) is 59.2 Å². The fourth-order valence-electron chi connectivity index (χ4n) is 3.99. The third-order valence-electron chi connectivity index (χ3n) is 5.26. The molecule has 0 N–H and O–H groups in total. The van der Waals surface area contributed by atoms with Crippen LogP contribution < -0.4 is 0 Å². The standard InChI is InChI=1S/C16H24N2/c1-10-8-12(9-17)11(2)14-13(10)15(3,4)18(7)16(14,5)6/h11-12H,1,8H2,2-7H3. The molecule has 0 bridgehead atoms. The molecule has 0 amide bonds. The maximum absolute atomic E-state index is 9.34. The van der Waals surface area contributed by atoms with E-state index in [1.165, 1.54) is 11.1 Å². The molecule has 2 atom stereocenters.